The lowest BCUT2D eigenvalue weighted by atomic mass is 10.1. The maximum atomic E-state index is 11.0. The Kier molecular flexibility index (Phi) is 4.32. The summed E-state index contributed by atoms with van der Waals surface area (Å²) in [7, 11) is 0. The lowest BCUT2D eigenvalue weighted by Crippen LogP contribution is -2.20. The molecule has 1 amide bonds. The number of nitrogens with zero attached hydrogens (tertiary/aromatic N) is 1. The van der Waals surface area contributed by atoms with Crippen LogP contribution in [0.25, 0.3) is 0 Å². The largest absolute Gasteiger partial charge is 0.507 e. The first-order valence-electron chi connectivity index (χ1n) is 4.90. The summed E-state index contributed by atoms with van der Waals surface area (Å²) < 4.78 is 4.64. The van der Waals surface area contributed by atoms with Crippen molar-refractivity contribution in [3.05, 3.63) is 29.8 Å². The molecule has 0 radical (unpaired) electrons. The van der Waals surface area contributed by atoms with Crippen molar-refractivity contribution in [2.75, 3.05) is 6.61 Å². The fourth-order valence-corrected chi connectivity index (χ4v) is 1.13. The lowest BCUT2D eigenvalue weighted by Gasteiger charge is -2.04. The van der Waals surface area contributed by atoms with Crippen LogP contribution in [-0.2, 0) is 4.74 Å². The highest BCUT2D eigenvalue weighted by Crippen LogP contribution is 2.15. The third kappa shape index (κ3) is 3.27. The van der Waals surface area contributed by atoms with Crippen molar-refractivity contribution in [3.8, 4) is 5.75 Å². The molecule has 5 heteroatoms. The Morgan fingerprint density at radius 2 is 2.19 bits per heavy atom. The number of carbonyl (C=O) groups excluding carboxylic acids is 1. The second-order valence-electron chi connectivity index (χ2n) is 3.05. The Labute approximate surface area is 93.7 Å². The maximum Gasteiger partial charge on any atom is 0.427 e. The minimum atomic E-state index is -0.614. The molecule has 0 heterocycles. The molecule has 1 rings (SSSR count). The molecule has 0 saturated carbocycles. The number of hydrogen-bond acceptors (Lipinski definition) is 4. The van der Waals surface area contributed by atoms with Gasteiger partial charge in [-0.05, 0) is 26.0 Å². The molecule has 0 bridgehead atoms. The molecule has 0 unspecified atom stereocenters. The number of hydrazone groups is 1. The number of ether oxygens (including phenoxy) is 1. The number of para-hydroxylation sites is 1. The number of hydrogen-bond donors (Lipinski definition) is 2. The summed E-state index contributed by atoms with van der Waals surface area (Å²) in [6.45, 7) is 3.68. The molecular weight excluding hydrogens is 208 g/mol. The second kappa shape index (κ2) is 5.75. The van der Waals surface area contributed by atoms with Gasteiger partial charge in [0.2, 0.25) is 0 Å². The van der Waals surface area contributed by atoms with Gasteiger partial charge in [-0.15, -0.1) is 0 Å². The molecular formula is C11H14N2O3. The Morgan fingerprint density at radius 3 is 2.81 bits per heavy atom. The van der Waals surface area contributed by atoms with Crippen LogP contribution in [0.15, 0.2) is 29.4 Å². The zero-order valence-electron chi connectivity index (χ0n) is 9.23. The van der Waals surface area contributed by atoms with E-state index in [1.807, 2.05) is 0 Å². The Hall–Kier alpha value is -2.04. The van der Waals surface area contributed by atoms with Crippen molar-refractivity contribution in [1.82, 2.24) is 5.43 Å². The molecule has 0 aliphatic heterocycles. The van der Waals surface area contributed by atoms with Gasteiger partial charge in [-0.1, -0.05) is 12.1 Å². The summed E-state index contributed by atoms with van der Waals surface area (Å²) in [5.41, 5.74) is 3.30. The van der Waals surface area contributed by atoms with Crippen LogP contribution in [0.2, 0.25) is 0 Å². The number of phenols is 1. The van der Waals surface area contributed by atoms with Crippen LogP contribution in [0, 0.1) is 0 Å². The monoisotopic (exact) mass is 222 g/mol. The van der Waals surface area contributed by atoms with Gasteiger partial charge in [0.05, 0.1) is 12.3 Å². The molecule has 5 nitrogen and oxygen atoms in total. The van der Waals surface area contributed by atoms with Gasteiger partial charge in [0, 0.05) is 5.56 Å². The first kappa shape index (κ1) is 12.0. The molecule has 2 N–H and O–H groups in total. The first-order valence-corrected chi connectivity index (χ1v) is 4.90. The lowest BCUT2D eigenvalue weighted by molar-refractivity contribution is 0.152. The van der Waals surface area contributed by atoms with Crippen LogP contribution in [0.1, 0.15) is 19.4 Å². The van der Waals surface area contributed by atoms with E-state index in [4.69, 9.17) is 0 Å². The van der Waals surface area contributed by atoms with E-state index < -0.39 is 6.09 Å². The second-order valence-corrected chi connectivity index (χ2v) is 3.05. The fraction of sp³-hybridized carbons (Fsp3) is 0.273. The number of phenolic OH excluding ortho intramolecular Hbond substituents is 1. The molecule has 0 aliphatic rings. The van der Waals surface area contributed by atoms with Crippen molar-refractivity contribution in [3.63, 3.8) is 0 Å². The summed E-state index contributed by atoms with van der Waals surface area (Å²) in [5, 5.41) is 13.3. The van der Waals surface area contributed by atoms with E-state index in [1.54, 1.807) is 38.1 Å². The minimum absolute atomic E-state index is 0.120. The molecule has 1 aromatic carbocycles. The number of nitrogens with one attached hydrogen (secondary N) is 1. The van der Waals surface area contributed by atoms with E-state index in [-0.39, 0.29) is 12.4 Å². The predicted molar refractivity (Wildman–Crippen MR) is 60.5 cm³/mol. The standard InChI is InChI=1S/C11H14N2O3/c1-3-16-11(15)13-12-8(2)9-6-4-5-7-10(9)14/h4-7,14H,3H2,1-2H3,(H,13,15). The van der Waals surface area contributed by atoms with E-state index in [9.17, 15) is 9.90 Å². The normalized spacial score (nSPS) is 11.0. The third-order valence-electron chi connectivity index (χ3n) is 1.88. The van der Waals surface area contributed by atoms with Crippen molar-refractivity contribution < 1.29 is 14.6 Å². The third-order valence-corrected chi connectivity index (χ3v) is 1.88. The van der Waals surface area contributed by atoms with Crippen LogP contribution in [0.5, 0.6) is 5.75 Å². The quantitative estimate of drug-likeness (QED) is 0.605. The van der Waals surface area contributed by atoms with Gasteiger partial charge in [-0.2, -0.15) is 5.10 Å². The summed E-state index contributed by atoms with van der Waals surface area (Å²) >= 11 is 0. The van der Waals surface area contributed by atoms with E-state index in [0.717, 1.165) is 0 Å². The van der Waals surface area contributed by atoms with Crippen LogP contribution >= 0.6 is 0 Å². The highest BCUT2D eigenvalue weighted by Gasteiger charge is 2.04. The number of aromatic hydroxyl groups is 1. The van der Waals surface area contributed by atoms with Gasteiger partial charge in [-0.3, -0.25) is 0 Å². The molecule has 16 heavy (non-hydrogen) atoms. The van der Waals surface area contributed by atoms with Crippen molar-refractivity contribution in [2.24, 2.45) is 5.10 Å². The van der Waals surface area contributed by atoms with Crippen LogP contribution in [0.4, 0.5) is 4.79 Å². The Bertz CT molecular complexity index is 402. The van der Waals surface area contributed by atoms with Gasteiger partial charge in [-0.25, -0.2) is 10.2 Å². The smallest absolute Gasteiger partial charge is 0.427 e. The fourth-order valence-electron chi connectivity index (χ4n) is 1.13. The molecule has 1 aromatic rings. The van der Waals surface area contributed by atoms with Crippen LogP contribution in [0.3, 0.4) is 0 Å². The van der Waals surface area contributed by atoms with Crippen LogP contribution in [-0.4, -0.2) is 23.5 Å². The zero-order chi connectivity index (χ0) is 12.0. The highest BCUT2D eigenvalue weighted by molar-refractivity contribution is 6.01. The first-order chi connectivity index (χ1) is 7.65. The van der Waals surface area contributed by atoms with Gasteiger partial charge in [0.25, 0.3) is 0 Å². The van der Waals surface area contributed by atoms with E-state index in [0.29, 0.717) is 11.3 Å². The summed E-state index contributed by atoms with van der Waals surface area (Å²) in [6.07, 6.45) is -0.614. The van der Waals surface area contributed by atoms with Gasteiger partial charge in [0.15, 0.2) is 0 Å². The number of benzene rings is 1. The van der Waals surface area contributed by atoms with Gasteiger partial charge < -0.3 is 9.84 Å². The average molecular weight is 222 g/mol. The van der Waals surface area contributed by atoms with Gasteiger partial charge in [0.1, 0.15) is 5.75 Å². The highest BCUT2D eigenvalue weighted by atomic mass is 16.5. The molecule has 0 fully saturated rings. The molecule has 0 aliphatic carbocycles. The van der Waals surface area contributed by atoms with Gasteiger partial charge >= 0.3 is 6.09 Å². The van der Waals surface area contributed by atoms with Crippen LogP contribution < -0.4 is 5.43 Å². The molecule has 0 atom stereocenters. The number of rotatable bonds is 3. The Morgan fingerprint density at radius 1 is 1.50 bits per heavy atom. The van der Waals surface area contributed by atoms with E-state index in [2.05, 4.69) is 15.3 Å². The summed E-state index contributed by atoms with van der Waals surface area (Å²) in [6, 6.07) is 6.75. The number of amides is 1. The number of carbonyl (C=O) groups is 1. The van der Waals surface area contributed by atoms with Crippen molar-refractivity contribution in [2.45, 2.75) is 13.8 Å². The van der Waals surface area contributed by atoms with Crippen molar-refractivity contribution in [1.29, 1.82) is 0 Å². The summed E-state index contributed by atoms with van der Waals surface area (Å²) in [5.74, 6) is 0.120. The van der Waals surface area contributed by atoms with E-state index >= 15 is 0 Å². The SMILES string of the molecule is CCOC(=O)NN=C(C)c1ccccc1O. The molecule has 0 aromatic heterocycles. The molecule has 86 valence electrons. The van der Waals surface area contributed by atoms with Crippen molar-refractivity contribution >= 4 is 11.8 Å². The molecule has 0 spiro atoms. The summed E-state index contributed by atoms with van der Waals surface area (Å²) in [4.78, 5) is 11.0. The van der Waals surface area contributed by atoms with E-state index in [1.165, 1.54) is 0 Å². The minimum Gasteiger partial charge on any atom is -0.507 e. The topological polar surface area (TPSA) is 70.9 Å². The zero-order valence-corrected chi connectivity index (χ0v) is 9.23. The molecule has 0 saturated heterocycles. The Balaban J connectivity index is 2.71. The predicted octanol–water partition coefficient (Wildman–Crippen LogP) is 1.86. The average Bonchev–Trinajstić information content (AvgIpc) is 2.27. The maximum absolute atomic E-state index is 11.0.